The standard InChI is InChI=1S/C15H18N4O/c1-3-19(12-8-6-11(2)7-9-12)15-13(14(16)18-20)5-4-10-17-15/h4-10,20H,3H2,1-2H3,(H2,16,18). The second-order valence-electron chi connectivity index (χ2n) is 4.44. The van der Waals surface area contributed by atoms with Crippen molar-refractivity contribution < 1.29 is 5.21 Å². The Balaban J connectivity index is 2.50. The lowest BCUT2D eigenvalue weighted by atomic mass is 10.2. The molecule has 104 valence electrons. The van der Waals surface area contributed by atoms with Crippen molar-refractivity contribution >= 4 is 17.3 Å². The molecule has 0 bridgehead atoms. The van der Waals surface area contributed by atoms with Crippen LogP contribution in [0, 0.1) is 6.92 Å². The van der Waals surface area contributed by atoms with Crippen LogP contribution in [-0.2, 0) is 0 Å². The van der Waals surface area contributed by atoms with E-state index in [1.807, 2.05) is 43.0 Å². The summed E-state index contributed by atoms with van der Waals surface area (Å²) < 4.78 is 0. The van der Waals surface area contributed by atoms with Crippen molar-refractivity contribution in [2.24, 2.45) is 10.9 Å². The summed E-state index contributed by atoms with van der Waals surface area (Å²) in [5, 5.41) is 12.0. The quantitative estimate of drug-likeness (QED) is 0.387. The third-order valence-electron chi connectivity index (χ3n) is 3.09. The minimum atomic E-state index is 0.0543. The van der Waals surface area contributed by atoms with E-state index in [1.165, 1.54) is 5.56 Å². The van der Waals surface area contributed by atoms with Gasteiger partial charge in [0.2, 0.25) is 0 Å². The summed E-state index contributed by atoms with van der Waals surface area (Å²) in [7, 11) is 0. The molecule has 0 fully saturated rings. The molecule has 5 nitrogen and oxygen atoms in total. The third-order valence-corrected chi connectivity index (χ3v) is 3.09. The minimum Gasteiger partial charge on any atom is -0.409 e. The number of aromatic nitrogens is 1. The van der Waals surface area contributed by atoms with Gasteiger partial charge >= 0.3 is 0 Å². The van der Waals surface area contributed by atoms with Crippen LogP contribution in [-0.4, -0.2) is 22.6 Å². The molecule has 0 saturated carbocycles. The molecule has 20 heavy (non-hydrogen) atoms. The van der Waals surface area contributed by atoms with Crippen LogP contribution in [0.5, 0.6) is 0 Å². The molecule has 1 heterocycles. The number of anilines is 2. The summed E-state index contributed by atoms with van der Waals surface area (Å²) in [4.78, 5) is 6.39. The van der Waals surface area contributed by atoms with Crippen molar-refractivity contribution in [1.29, 1.82) is 0 Å². The van der Waals surface area contributed by atoms with E-state index in [4.69, 9.17) is 10.9 Å². The molecule has 5 heteroatoms. The Morgan fingerprint density at radius 1 is 1.30 bits per heavy atom. The van der Waals surface area contributed by atoms with E-state index in [0.717, 1.165) is 12.2 Å². The SMILES string of the molecule is CCN(c1ccc(C)cc1)c1ncccc1C(N)=NO. The minimum absolute atomic E-state index is 0.0543. The molecule has 1 aromatic carbocycles. The maximum absolute atomic E-state index is 8.89. The van der Waals surface area contributed by atoms with Gasteiger partial charge in [-0.2, -0.15) is 0 Å². The average Bonchev–Trinajstić information content (AvgIpc) is 2.49. The molecule has 0 aliphatic carbocycles. The first kappa shape index (κ1) is 13.9. The number of nitrogens with zero attached hydrogens (tertiary/aromatic N) is 3. The molecule has 0 unspecified atom stereocenters. The van der Waals surface area contributed by atoms with E-state index in [2.05, 4.69) is 10.1 Å². The van der Waals surface area contributed by atoms with Crippen LogP contribution < -0.4 is 10.6 Å². The number of pyridine rings is 1. The van der Waals surface area contributed by atoms with E-state index in [0.29, 0.717) is 11.4 Å². The van der Waals surface area contributed by atoms with E-state index in [9.17, 15) is 0 Å². The first-order chi connectivity index (χ1) is 9.67. The van der Waals surface area contributed by atoms with Crippen LogP contribution in [0.3, 0.4) is 0 Å². The van der Waals surface area contributed by atoms with E-state index >= 15 is 0 Å². The zero-order chi connectivity index (χ0) is 14.5. The topological polar surface area (TPSA) is 74.7 Å². The second kappa shape index (κ2) is 6.06. The fourth-order valence-corrected chi connectivity index (χ4v) is 2.05. The molecule has 1 aromatic heterocycles. The Morgan fingerprint density at radius 2 is 2.00 bits per heavy atom. The fourth-order valence-electron chi connectivity index (χ4n) is 2.05. The van der Waals surface area contributed by atoms with Gasteiger partial charge < -0.3 is 15.8 Å². The molecule has 0 spiro atoms. The summed E-state index contributed by atoms with van der Waals surface area (Å²) >= 11 is 0. The van der Waals surface area contributed by atoms with Crippen LogP contribution in [0.2, 0.25) is 0 Å². The highest BCUT2D eigenvalue weighted by Gasteiger charge is 2.15. The Hall–Kier alpha value is -2.56. The third kappa shape index (κ3) is 2.71. The number of hydrogen-bond donors (Lipinski definition) is 2. The number of aryl methyl sites for hydroxylation is 1. The summed E-state index contributed by atoms with van der Waals surface area (Å²) in [6, 6.07) is 11.7. The van der Waals surface area contributed by atoms with Crippen LogP contribution >= 0.6 is 0 Å². The number of hydrogen-bond acceptors (Lipinski definition) is 4. The van der Waals surface area contributed by atoms with Crippen molar-refractivity contribution in [2.45, 2.75) is 13.8 Å². The van der Waals surface area contributed by atoms with Crippen molar-refractivity contribution in [1.82, 2.24) is 4.98 Å². The number of rotatable bonds is 4. The van der Waals surface area contributed by atoms with E-state index < -0.39 is 0 Å². The molecule has 3 N–H and O–H groups in total. The van der Waals surface area contributed by atoms with Gasteiger partial charge in [-0.25, -0.2) is 4.98 Å². The Morgan fingerprint density at radius 3 is 2.60 bits per heavy atom. The first-order valence-corrected chi connectivity index (χ1v) is 6.44. The highest BCUT2D eigenvalue weighted by atomic mass is 16.4. The number of amidine groups is 1. The van der Waals surface area contributed by atoms with Crippen LogP contribution in [0.25, 0.3) is 0 Å². The van der Waals surface area contributed by atoms with Gasteiger partial charge in [0.25, 0.3) is 0 Å². The number of oxime groups is 1. The van der Waals surface area contributed by atoms with Crippen molar-refractivity contribution in [3.8, 4) is 0 Å². The van der Waals surface area contributed by atoms with E-state index in [1.54, 1.807) is 18.3 Å². The van der Waals surface area contributed by atoms with Crippen LogP contribution in [0.15, 0.2) is 47.8 Å². The zero-order valence-corrected chi connectivity index (χ0v) is 11.6. The molecule has 0 atom stereocenters. The highest BCUT2D eigenvalue weighted by molar-refractivity contribution is 6.02. The second-order valence-corrected chi connectivity index (χ2v) is 4.44. The van der Waals surface area contributed by atoms with Crippen molar-refractivity contribution in [3.05, 3.63) is 53.7 Å². The predicted molar refractivity (Wildman–Crippen MR) is 80.6 cm³/mol. The van der Waals surface area contributed by atoms with Crippen LogP contribution in [0.4, 0.5) is 11.5 Å². The zero-order valence-electron chi connectivity index (χ0n) is 11.6. The molecule has 2 rings (SSSR count). The monoisotopic (exact) mass is 270 g/mol. The summed E-state index contributed by atoms with van der Waals surface area (Å²) in [5.74, 6) is 0.729. The van der Waals surface area contributed by atoms with Gasteiger partial charge in [-0.15, -0.1) is 0 Å². The van der Waals surface area contributed by atoms with Gasteiger partial charge in [0.05, 0.1) is 5.56 Å². The molecular weight excluding hydrogens is 252 g/mol. The Kier molecular flexibility index (Phi) is 4.20. The van der Waals surface area contributed by atoms with Gasteiger partial charge in [0.15, 0.2) is 5.84 Å². The van der Waals surface area contributed by atoms with E-state index in [-0.39, 0.29) is 5.84 Å². The summed E-state index contributed by atoms with van der Waals surface area (Å²) in [5.41, 5.74) is 8.55. The lowest BCUT2D eigenvalue weighted by molar-refractivity contribution is 0.318. The number of nitrogens with two attached hydrogens (primary N) is 1. The molecule has 0 aliphatic rings. The smallest absolute Gasteiger partial charge is 0.173 e. The lowest BCUT2D eigenvalue weighted by Crippen LogP contribution is -2.23. The van der Waals surface area contributed by atoms with Gasteiger partial charge in [-0.1, -0.05) is 22.9 Å². The molecule has 0 aliphatic heterocycles. The molecule has 0 radical (unpaired) electrons. The largest absolute Gasteiger partial charge is 0.409 e. The van der Waals surface area contributed by atoms with Crippen molar-refractivity contribution in [2.75, 3.05) is 11.4 Å². The van der Waals surface area contributed by atoms with Gasteiger partial charge in [0.1, 0.15) is 5.82 Å². The lowest BCUT2D eigenvalue weighted by Gasteiger charge is -2.24. The first-order valence-electron chi connectivity index (χ1n) is 6.44. The maximum atomic E-state index is 8.89. The maximum Gasteiger partial charge on any atom is 0.173 e. The van der Waals surface area contributed by atoms with Gasteiger partial charge in [0, 0.05) is 18.4 Å². The highest BCUT2D eigenvalue weighted by Crippen LogP contribution is 2.26. The molecule has 2 aromatic rings. The number of benzene rings is 1. The fraction of sp³-hybridized carbons (Fsp3) is 0.200. The predicted octanol–water partition coefficient (Wildman–Crippen LogP) is 2.64. The molecule has 0 amide bonds. The van der Waals surface area contributed by atoms with Gasteiger partial charge in [-0.3, -0.25) is 0 Å². The Labute approximate surface area is 118 Å². The molecule has 0 saturated heterocycles. The average molecular weight is 270 g/mol. The molecular formula is C15H18N4O. The summed E-state index contributed by atoms with van der Waals surface area (Å²) in [6.45, 7) is 4.80. The van der Waals surface area contributed by atoms with Gasteiger partial charge in [-0.05, 0) is 38.1 Å². The normalized spacial score (nSPS) is 11.4. The summed E-state index contributed by atoms with van der Waals surface area (Å²) in [6.07, 6.45) is 1.69. The van der Waals surface area contributed by atoms with Crippen molar-refractivity contribution in [3.63, 3.8) is 0 Å². The Bertz CT molecular complexity index is 608. The van der Waals surface area contributed by atoms with Crippen LogP contribution in [0.1, 0.15) is 18.1 Å².